The third-order valence-corrected chi connectivity index (χ3v) is 2.02. The molecule has 2 N–H and O–H groups in total. The van der Waals surface area contributed by atoms with Gasteiger partial charge in [-0.3, -0.25) is 4.99 Å². The van der Waals surface area contributed by atoms with Gasteiger partial charge in [-0.15, -0.1) is 0 Å². The van der Waals surface area contributed by atoms with Crippen molar-refractivity contribution in [1.82, 2.24) is 0 Å². The van der Waals surface area contributed by atoms with Gasteiger partial charge >= 0.3 is 0 Å². The summed E-state index contributed by atoms with van der Waals surface area (Å²) in [5, 5.41) is 0. The zero-order valence-electron chi connectivity index (χ0n) is 7.25. The lowest BCUT2D eigenvalue weighted by atomic mass is 10.0. The van der Waals surface area contributed by atoms with Gasteiger partial charge in [0.1, 0.15) is 0 Å². The molecule has 0 spiro atoms. The van der Waals surface area contributed by atoms with Gasteiger partial charge < -0.3 is 5.73 Å². The summed E-state index contributed by atoms with van der Waals surface area (Å²) >= 11 is 0. The van der Waals surface area contributed by atoms with E-state index in [4.69, 9.17) is 5.73 Å². The van der Waals surface area contributed by atoms with Crippen LogP contribution in [-0.2, 0) is 0 Å². The molecule has 0 aliphatic carbocycles. The van der Waals surface area contributed by atoms with Gasteiger partial charge in [0.25, 0.3) is 0 Å². The normalized spacial score (nSPS) is 19.1. The Balaban J connectivity index is 2.35. The van der Waals surface area contributed by atoms with Crippen molar-refractivity contribution in [2.24, 2.45) is 16.6 Å². The summed E-state index contributed by atoms with van der Waals surface area (Å²) in [4.78, 5) is 4.21. The zero-order valence-corrected chi connectivity index (χ0v) is 7.25. The van der Waals surface area contributed by atoms with E-state index in [0.29, 0.717) is 5.92 Å². The Labute approximate surface area is 68.2 Å². The van der Waals surface area contributed by atoms with Gasteiger partial charge in [0.2, 0.25) is 0 Å². The van der Waals surface area contributed by atoms with Crippen molar-refractivity contribution in [1.29, 1.82) is 0 Å². The summed E-state index contributed by atoms with van der Waals surface area (Å²) in [7, 11) is 0. The second kappa shape index (κ2) is 3.67. The molecule has 0 saturated heterocycles. The van der Waals surface area contributed by atoms with E-state index in [1.54, 1.807) is 0 Å². The number of allylic oxidation sites excluding steroid dienone is 1. The van der Waals surface area contributed by atoms with E-state index in [1.165, 1.54) is 0 Å². The Kier molecular flexibility index (Phi) is 2.83. The van der Waals surface area contributed by atoms with E-state index in [0.717, 1.165) is 18.5 Å². The largest absolute Gasteiger partial charge is 0.327 e. The lowest BCUT2D eigenvalue weighted by Gasteiger charge is -2.14. The molecule has 1 unspecified atom stereocenters. The number of nitrogens with two attached hydrogens (primary N) is 1. The molecule has 0 bridgehead atoms. The second-order valence-electron chi connectivity index (χ2n) is 3.35. The third kappa shape index (κ3) is 2.46. The first kappa shape index (κ1) is 8.47. The molecule has 0 aromatic carbocycles. The van der Waals surface area contributed by atoms with Crippen molar-refractivity contribution in [3.8, 4) is 0 Å². The molecule has 1 atom stereocenters. The van der Waals surface area contributed by atoms with E-state index in [-0.39, 0.29) is 6.04 Å². The van der Waals surface area contributed by atoms with Gasteiger partial charge in [0, 0.05) is 30.8 Å². The lowest BCUT2D eigenvalue weighted by molar-refractivity contribution is 0.488. The minimum absolute atomic E-state index is 0.261. The van der Waals surface area contributed by atoms with Crippen LogP contribution in [0.1, 0.15) is 26.7 Å². The van der Waals surface area contributed by atoms with Gasteiger partial charge in [-0.2, -0.15) is 0 Å². The van der Waals surface area contributed by atoms with E-state index in [2.05, 4.69) is 24.9 Å². The highest BCUT2D eigenvalue weighted by Gasteiger charge is 2.10. The molecule has 1 aliphatic rings. The molecule has 1 heterocycles. The molecule has 0 amide bonds. The fourth-order valence-corrected chi connectivity index (χ4v) is 1.02. The zero-order chi connectivity index (χ0) is 8.27. The fraction of sp³-hybridized carbons (Fsp3) is 0.667. The minimum atomic E-state index is 0.261. The summed E-state index contributed by atoms with van der Waals surface area (Å²) in [6.07, 6.45) is 5.99. The topological polar surface area (TPSA) is 38.4 Å². The fourth-order valence-electron chi connectivity index (χ4n) is 1.02. The Bertz CT molecular complexity index is 180. The van der Waals surface area contributed by atoms with Crippen LogP contribution in [0.25, 0.3) is 0 Å². The number of hydrogen-bond acceptors (Lipinski definition) is 2. The first-order valence-corrected chi connectivity index (χ1v) is 4.17. The smallest absolute Gasteiger partial charge is 0.0379 e. The highest BCUT2D eigenvalue weighted by atomic mass is 14.8. The summed E-state index contributed by atoms with van der Waals surface area (Å²) < 4.78 is 0. The summed E-state index contributed by atoms with van der Waals surface area (Å²) in [5.74, 6) is 0.548. The van der Waals surface area contributed by atoms with Crippen LogP contribution in [0.5, 0.6) is 0 Å². The van der Waals surface area contributed by atoms with Gasteiger partial charge in [0.15, 0.2) is 0 Å². The van der Waals surface area contributed by atoms with Gasteiger partial charge in [-0.25, -0.2) is 0 Å². The first-order chi connectivity index (χ1) is 5.20. The van der Waals surface area contributed by atoms with Crippen molar-refractivity contribution in [3.63, 3.8) is 0 Å². The predicted molar refractivity (Wildman–Crippen MR) is 48.6 cm³/mol. The molecule has 11 heavy (non-hydrogen) atoms. The van der Waals surface area contributed by atoms with Crippen molar-refractivity contribution in [2.75, 3.05) is 0 Å². The van der Waals surface area contributed by atoms with Crippen LogP contribution in [0.3, 0.4) is 0 Å². The molecular formula is C9H16N2. The van der Waals surface area contributed by atoms with Crippen LogP contribution in [0.15, 0.2) is 16.8 Å². The number of aliphatic imine (C=N–C) groups is 1. The van der Waals surface area contributed by atoms with Crippen molar-refractivity contribution >= 4 is 6.21 Å². The van der Waals surface area contributed by atoms with Crippen molar-refractivity contribution < 1.29 is 0 Å². The van der Waals surface area contributed by atoms with Crippen molar-refractivity contribution in [2.45, 2.75) is 32.7 Å². The molecule has 1 rings (SSSR count). The Morgan fingerprint density at radius 3 is 2.82 bits per heavy atom. The van der Waals surface area contributed by atoms with Crippen LogP contribution < -0.4 is 5.73 Å². The second-order valence-corrected chi connectivity index (χ2v) is 3.35. The van der Waals surface area contributed by atoms with E-state index in [1.807, 2.05) is 6.21 Å². The van der Waals surface area contributed by atoms with Gasteiger partial charge in [0.05, 0.1) is 0 Å². The maximum atomic E-state index is 5.88. The van der Waals surface area contributed by atoms with Crippen LogP contribution >= 0.6 is 0 Å². The first-order valence-electron chi connectivity index (χ1n) is 4.17. The monoisotopic (exact) mass is 152 g/mol. The van der Waals surface area contributed by atoms with Crippen LogP contribution in [0, 0.1) is 5.92 Å². The quantitative estimate of drug-likeness (QED) is 0.657. The van der Waals surface area contributed by atoms with Crippen molar-refractivity contribution in [3.05, 3.63) is 11.8 Å². The highest BCUT2D eigenvalue weighted by Crippen LogP contribution is 2.14. The molecule has 0 saturated carbocycles. The molecule has 0 aromatic rings. The highest BCUT2D eigenvalue weighted by molar-refractivity contribution is 5.64. The van der Waals surface area contributed by atoms with Gasteiger partial charge in [-0.05, 0) is 5.92 Å². The van der Waals surface area contributed by atoms with Gasteiger partial charge in [-0.1, -0.05) is 19.9 Å². The summed E-state index contributed by atoms with van der Waals surface area (Å²) in [6.45, 7) is 4.29. The molecular weight excluding hydrogens is 136 g/mol. The number of rotatable bonds is 3. The SMILES string of the molecule is CC(C)C(N)CC1=CCC=N1. The third-order valence-electron chi connectivity index (χ3n) is 2.02. The Hall–Kier alpha value is -0.630. The average molecular weight is 152 g/mol. The van der Waals surface area contributed by atoms with E-state index < -0.39 is 0 Å². The molecule has 0 radical (unpaired) electrons. The minimum Gasteiger partial charge on any atom is -0.327 e. The molecule has 2 nitrogen and oxygen atoms in total. The average Bonchev–Trinajstić information content (AvgIpc) is 2.39. The Morgan fingerprint density at radius 1 is 1.64 bits per heavy atom. The maximum absolute atomic E-state index is 5.88. The summed E-state index contributed by atoms with van der Waals surface area (Å²) in [6, 6.07) is 0.261. The van der Waals surface area contributed by atoms with Crippen LogP contribution in [-0.4, -0.2) is 12.3 Å². The summed E-state index contributed by atoms with van der Waals surface area (Å²) in [5.41, 5.74) is 7.04. The van der Waals surface area contributed by atoms with E-state index >= 15 is 0 Å². The van der Waals surface area contributed by atoms with E-state index in [9.17, 15) is 0 Å². The van der Waals surface area contributed by atoms with Crippen LogP contribution in [0.2, 0.25) is 0 Å². The molecule has 0 fully saturated rings. The molecule has 62 valence electrons. The van der Waals surface area contributed by atoms with Crippen LogP contribution in [0.4, 0.5) is 0 Å². The number of hydrogen-bond donors (Lipinski definition) is 1. The maximum Gasteiger partial charge on any atom is 0.0379 e. The molecule has 0 aromatic heterocycles. The molecule has 1 aliphatic heterocycles. The number of nitrogens with zero attached hydrogens (tertiary/aromatic N) is 1. The Morgan fingerprint density at radius 2 is 2.36 bits per heavy atom. The standard InChI is InChI=1S/C9H16N2/c1-7(2)9(10)6-8-4-3-5-11-8/h4-5,7,9H,3,6,10H2,1-2H3. The molecule has 2 heteroatoms. The lowest BCUT2D eigenvalue weighted by Crippen LogP contribution is -2.26. The predicted octanol–water partition coefficient (Wildman–Crippen LogP) is 1.72.